The fraction of sp³-hybridized carbons (Fsp3) is 0.160. The first-order valence-electron chi connectivity index (χ1n) is 10.0. The van der Waals surface area contributed by atoms with Gasteiger partial charge in [0.1, 0.15) is 11.6 Å². The smallest absolute Gasteiger partial charge is 0.266 e. The third kappa shape index (κ3) is 3.66. The van der Waals surface area contributed by atoms with E-state index >= 15 is 0 Å². The van der Waals surface area contributed by atoms with E-state index in [0.29, 0.717) is 5.69 Å². The largest absolute Gasteiger partial charge is 0.345 e. The van der Waals surface area contributed by atoms with Crippen LogP contribution in [0.1, 0.15) is 60.7 Å². The lowest BCUT2D eigenvalue weighted by molar-refractivity contribution is 0.0921. The van der Waals surface area contributed by atoms with Crippen LogP contribution < -0.4 is 10.2 Å². The molecule has 0 radical (unpaired) electrons. The number of anilines is 1. The highest BCUT2D eigenvalue weighted by Crippen LogP contribution is 2.32. The number of benzene rings is 3. The van der Waals surface area contributed by atoms with Crippen molar-refractivity contribution >= 4 is 23.4 Å². The van der Waals surface area contributed by atoms with Gasteiger partial charge in [0.15, 0.2) is 0 Å². The third-order valence-electron chi connectivity index (χ3n) is 5.53. The van der Waals surface area contributed by atoms with Crippen LogP contribution in [0.5, 0.6) is 0 Å². The highest BCUT2D eigenvalue weighted by Gasteiger charge is 2.38. The Labute approximate surface area is 183 Å². The molecule has 0 bridgehead atoms. The second kappa shape index (κ2) is 8.00. The molecule has 0 fully saturated rings. The molecule has 5 nitrogen and oxygen atoms in total. The van der Waals surface area contributed by atoms with Gasteiger partial charge in [0, 0.05) is 17.2 Å². The van der Waals surface area contributed by atoms with Crippen LogP contribution in [0, 0.1) is 25.5 Å². The standard InChI is InChI=1S/C25H20F2N2O3/c1-13-4-5-14(2)22(10-13)29-24(31)19-8-6-16(11-20(19)25(29)32)23(30)28-15(3)18-9-7-17(26)12-21(18)27/h4-12,15H,1-3H3,(H,28,30). The third-order valence-corrected chi connectivity index (χ3v) is 5.53. The minimum atomic E-state index is -0.767. The minimum Gasteiger partial charge on any atom is -0.345 e. The van der Waals surface area contributed by atoms with Gasteiger partial charge >= 0.3 is 0 Å². The second-order valence-electron chi connectivity index (χ2n) is 7.86. The van der Waals surface area contributed by atoms with Crippen molar-refractivity contribution in [1.29, 1.82) is 0 Å². The number of halogens is 2. The maximum atomic E-state index is 14.0. The van der Waals surface area contributed by atoms with Crippen molar-refractivity contribution in [2.75, 3.05) is 4.90 Å². The molecule has 0 aromatic heterocycles. The number of fused-ring (bicyclic) bond motifs is 1. The number of nitrogens with one attached hydrogen (secondary N) is 1. The molecule has 0 saturated heterocycles. The normalized spacial score (nSPS) is 13.8. The number of hydrogen-bond donors (Lipinski definition) is 1. The molecule has 1 heterocycles. The summed E-state index contributed by atoms with van der Waals surface area (Å²) in [5.41, 5.74) is 2.81. The lowest BCUT2D eigenvalue weighted by Crippen LogP contribution is -2.30. The SMILES string of the molecule is Cc1ccc(C)c(N2C(=O)c3ccc(C(=O)NC(C)c4ccc(F)cc4F)cc3C2=O)c1. The molecule has 32 heavy (non-hydrogen) atoms. The molecule has 3 aromatic carbocycles. The van der Waals surface area contributed by atoms with Crippen molar-refractivity contribution in [3.05, 3.63) is 99.6 Å². The molecule has 0 saturated carbocycles. The van der Waals surface area contributed by atoms with Crippen molar-refractivity contribution in [2.45, 2.75) is 26.8 Å². The zero-order valence-corrected chi connectivity index (χ0v) is 17.7. The Hall–Kier alpha value is -3.87. The molecule has 1 aliphatic heterocycles. The number of carbonyl (C=O) groups is 3. The van der Waals surface area contributed by atoms with Gasteiger partial charge in [0.2, 0.25) is 0 Å². The summed E-state index contributed by atoms with van der Waals surface area (Å²) in [5.74, 6) is -2.98. The molecule has 1 aliphatic rings. The Kier molecular flexibility index (Phi) is 5.34. The van der Waals surface area contributed by atoms with Gasteiger partial charge in [-0.2, -0.15) is 0 Å². The van der Waals surface area contributed by atoms with Gasteiger partial charge in [0.25, 0.3) is 17.7 Å². The monoisotopic (exact) mass is 434 g/mol. The number of imide groups is 1. The molecule has 0 aliphatic carbocycles. The Morgan fingerprint density at radius 1 is 0.906 bits per heavy atom. The van der Waals surface area contributed by atoms with E-state index in [1.807, 2.05) is 26.0 Å². The zero-order valence-electron chi connectivity index (χ0n) is 17.7. The quantitative estimate of drug-likeness (QED) is 0.596. The van der Waals surface area contributed by atoms with Crippen molar-refractivity contribution in [1.82, 2.24) is 5.32 Å². The second-order valence-corrected chi connectivity index (χ2v) is 7.86. The molecular weight excluding hydrogens is 414 g/mol. The van der Waals surface area contributed by atoms with Crippen LogP contribution >= 0.6 is 0 Å². The first-order valence-corrected chi connectivity index (χ1v) is 10.0. The summed E-state index contributed by atoms with van der Waals surface area (Å²) in [6.45, 7) is 5.25. The summed E-state index contributed by atoms with van der Waals surface area (Å²) in [6, 6.07) is 12.1. The summed E-state index contributed by atoms with van der Waals surface area (Å²) in [4.78, 5) is 39.8. The van der Waals surface area contributed by atoms with Gasteiger partial charge in [-0.3, -0.25) is 14.4 Å². The highest BCUT2D eigenvalue weighted by atomic mass is 19.1. The maximum absolute atomic E-state index is 14.0. The molecule has 3 aromatic rings. The van der Waals surface area contributed by atoms with Crippen LogP contribution in [0.4, 0.5) is 14.5 Å². The zero-order chi connectivity index (χ0) is 23.2. The van der Waals surface area contributed by atoms with Gasteiger partial charge < -0.3 is 5.32 Å². The lowest BCUT2D eigenvalue weighted by atomic mass is 10.0. The fourth-order valence-corrected chi connectivity index (χ4v) is 3.77. The predicted molar refractivity (Wildman–Crippen MR) is 116 cm³/mol. The molecular formula is C25H20F2N2O3. The molecule has 3 amide bonds. The maximum Gasteiger partial charge on any atom is 0.266 e. The summed E-state index contributed by atoms with van der Waals surface area (Å²) in [5, 5.41) is 2.64. The Morgan fingerprint density at radius 2 is 1.62 bits per heavy atom. The summed E-state index contributed by atoms with van der Waals surface area (Å²) < 4.78 is 27.2. The van der Waals surface area contributed by atoms with Crippen molar-refractivity contribution in [3.63, 3.8) is 0 Å². The van der Waals surface area contributed by atoms with Crippen LogP contribution in [0.2, 0.25) is 0 Å². The van der Waals surface area contributed by atoms with Crippen LogP contribution in [0.3, 0.4) is 0 Å². The van der Waals surface area contributed by atoms with E-state index in [0.717, 1.165) is 28.2 Å². The van der Waals surface area contributed by atoms with Gasteiger partial charge in [0.05, 0.1) is 22.9 Å². The van der Waals surface area contributed by atoms with Crippen LogP contribution in [0.15, 0.2) is 54.6 Å². The van der Waals surface area contributed by atoms with Crippen molar-refractivity contribution in [2.24, 2.45) is 0 Å². The summed E-state index contributed by atoms with van der Waals surface area (Å²) in [7, 11) is 0. The van der Waals surface area contributed by atoms with Crippen LogP contribution in [0.25, 0.3) is 0 Å². The number of rotatable bonds is 4. The average Bonchev–Trinajstić information content (AvgIpc) is 2.99. The first-order chi connectivity index (χ1) is 15.2. The molecule has 1 unspecified atom stereocenters. The van der Waals surface area contributed by atoms with E-state index in [2.05, 4.69) is 5.32 Å². The van der Waals surface area contributed by atoms with Gasteiger partial charge in [-0.1, -0.05) is 18.2 Å². The highest BCUT2D eigenvalue weighted by molar-refractivity contribution is 6.35. The van der Waals surface area contributed by atoms with E-state index in [1.165, 1.54) is 24.3 Å². The molecule has 7 heteroatoms. The van der Waals surface area contributed by atoms with Gasteiger partial charge in [-0.15, -0.1) is 0 Å². The number of nitrogens with zero attached hydrogens (tertiary/aromatic N) is 1. The summed E-state index contributed by atoms with van der Waals surface area (Å²) in [6.07, 6.45) is 0. The number of aryl methyl sites for hydroxylation is 2. The van der Waals surface area contributed by atoms with Gasteiger partial charge in [-0.05, 0) is 62.2 Å². The lowest BCUT2D eigenvalue weighted by Gasteiger charge is -2.17. The number of carbonyl (C=O) groups excluding carboxylic acids is 3. The Balaban J connectivity index is 1.61. The predicted octanol–water partition coefficient (Wildman–Crippen LogP) is 4.87. The first kappa shape index (κ1) is 21.4. The van der Waals surface area contributed by atoms with Crippen LogP contribution in [-0.4, -0.2) is 17.7 Å². The molecule has 0 spiro atoms. The van der Waals surface area contributed by atoms with E-state index in [4.69, 9.17) is 0 Å². The minimum absolute atomic E-state index is 0.129. The molecule has 1 atom stereocenters. The van der Waals surface area contributed by atoms with E-state index < -0.39 is 35.4 Å². The molecule has 1 N–H and O–H groups in total. The number of amides is 3. The van der Waals surface area contributed by atoms with Crippen molar-refractivity contribution in [3.8, 4) is 0 Å². The van der Waals surface area contributed by atoms with E-state index in [-0.39, 0.29) is 22.3 Å². The van der Waals surface area contributed by atoms with Crippen LogP contribution in [-0.2, 0) is 0 Å². The van der Waals surface area contributed by atoms with Crippen molar-refractivity contribution < 1.29 is 23.2 Å². The average molecular weight is 434 g/mol. The van der Waals surface area contributed by atoms with E-state index in [9.17, 15) is 23.2 Å². The topological polar surface area (TPSA) is 66.5 Å². The molecule has 4 rings (SSSR count). The summed E-state index contributed by atoms with van der Waals surface area (Å²) >= 11 is 0. The number of hydrogen-bond acceptors (Lipinski definition) is 3. The Morgan fingerprint density at radius 3 is 2.34 bits per heavy atom. The van der Waals surface area contributed by atoms with Gasteiger partial charge in [-0.25, -0.2) is 13.7 Å². The molecule has 162 valence electrons. The van der Waals surface area contributed by atoms with E-state index in [1.54, 1.807) is 13.0 Å². The Bertz CT molecular complexity index is 1290. The fourth-order valence-electron chi connectivity index (χ4n) is 3.77.